The van der Waals surface area contributed by atoms with Gasteiger partial charge in [0, 0.05) is 23.5 Å². The van der Waals surface area contributed by atoms with Gasteiger partial charge in [-0.2, -0.15) is 8.42 Å². The number of aryl methyl sites for hydroxylation is 1. The van der Waals surface area contributed by atoms with Crippen molar-refractivity contribution in [3.8, 4) is 0 Å². The summed E-state index contributed by atoms with van der Waals surface area (Å²) in [6.45, 7) is 5.10. The Bertz CT molecular complexity index is 2020. The number of thioether (sulfide) groups is 1. The first-order chi connectivity index (χ1) is 25.8. The SMILES string of the molecule is CCC(CC)OC(=O)OCCOC(=O)C1=C(/C=C\c2cccnc2)CS[C@H]2[C@H](NC(=O)C(=NO)c3csc(N)n3)C(=O)N12.Cc1ccc(S(=O)(=O)O)cc1. The molecule has 2 aromatic heterocycles. The lowest BCUT2D eigenvalue weighted by atomic mass is 10.0. The minimum atomic E-state index is -4.02. The summed E-state index contributed by atoms with van der Waals surface area (Å²) in [6.07, 6.45) is 6.87. The Balaban J connectivity index is 0.000000506. The van der Waals surface area contributed by atoms with Crippen molar-refractivity contribution in [2.24, 2.45) is 5.16 Å². The van der Waals surface area contributed by atoms with Crippen LogP contribution in [0, 0.1) is 6.92 Å². The molecular weight excluding hydrogens is 765 g/mol. The maximum atomic E-state index is 13.3. The first-order valence-corrected chi connectivity index (χ1v) is 19.7. The lowest BCUT2D eigenvalue weighted by Gasteiger charge is -2.49. The van der Waals surface area contributed by atoms with Gasteiger partial charge >= 0.3 is 12.1 Å². The number of nitrogens with two attached hydrogens (primary N) is 1. The molecule has 20 heteroatoms. The third kappa shape index (κ3) is 10.9. The Morgan fingerprint density at radius 2 is 1.83 bits per heavy atom. The molecule has 1 aromatic carbocycles. The van der Waals surface area contributed by atoms with E-state index in [1.54, 1.807) is 42.7 Å². The third-order valence-corrected chi connectivity index (χ3v) is 10.6. The number of fused-ring (bicyclic) bond motifs is 1. The summed E-state index contributed by atoms with van der Waals surface area (Å²) in [5.41, 5.74) is 7.51. The molecule has 288 valence electrons. The van der Waals surface area contributed by atoms with Gasteiger partial charge in [-0.1, -0.05) is 54.9 Å². The normalized spacial score (nSPS) is 16.9. The Hall–Kier alpha value is -5.31. The molecule has 5 rings (SSSR count). The van der Waals surface area contributed by atoms with E-state index in [1.165, 1.54) is 34.2 Å². The monoisotopic (exact) mass is 802 g/mol. The first kappa shape index (κ1) is 41.4. The lowest BCUT2D eigenvalue weighted by Crippen LogP contribution is -2.71. The highest BCUT2D eigenvalue weighted by atomic mass is 32.2. The molecule has 0 aliphatic carbocycles. The van der Waals surface area contributed by atoms with Crippen LogP contribution in [0.5, 0.6) is 0 Å². The Labute approximate surface area is 319 Å². The van der Waals surface area contributed by atoms with E-state index in [0.29, 0.717) is 24.2 Å². The number of allylic oxidation sites excluding steroid dienone is 1. The summed E-state index contributed by atoms with van der Waals surface area (Å²) in [4.78, 5) is 60.5. The zero-order chi connectivity index (χ0) is 39.4. The number of ether oxygens (including phenoxy) is 3. The van der Waals surface area contributed by atoms with Crippen LogP contribution < -0.4 is 11.1 Å². The van der Waals surface area contributed by atoms with E-state index in [0.717, 1.165) is 22.5 Å². The number of carbonyl (C=O) groups is 4. The van der Waals surface area contributed by atoms with Crippen molar-refractivity contribution in [3.05, 3.63) is 88.3 Å². The Morgan fingerprint density at radius 1 is 1.13 bits per heavy atom. The zero-order valence-electron chi connectivity index (χ0n) is 29.3. The molecule has 17 nitrogen and oxygen atoms in total. The number of hydrogen-bond donors (Lipinski definition) is 4. The number of nitrogen functional groups attached to an aromatic ring is 1. The minimum Gasteiger partial charge on any atom is -0.457 e. The van der Waals surface area contributed by atoms with Gasteiger partial charge in [-0.3, -0.25) is 24.0 Å². The number of rotatable bonds is 13. The number of nitrogens with zero attached hydrogens (tertiary/aromatic N) is 4. The molecule has 54 heavy (non-hydrogen) atoms. The van der Waals surface area contributed by atoms with Gasteiger partial charge in [0.1, 0.15) is 42.1 Å². The minimum absolute atomic E-state index is 0.00215. The van der Waals surface area contributed by atoms with Gasteiger partial charge in [-0.05, 0) is 49.1 Å². The fourth-order valence-electron chi connectivity index (χ4n) is 4.91. The molecule has 5 N–H and O–H groups in total. The van der Waals surface area contributed by atoms with Crippen LogP contribution in [0.1, 0.15) is 43.5 Å². The number of nitrogens with one attached hydrogen (secondary N) is 1. The molecule has 2 aliphatic heterocycles. The number of anilines is 1. The lowest BCUT2D eigenvalue weighted by molar-refractivity contribution is -0.153. The molecule has 2 aliphatic rings. The fraction of sp³-hybridized carbons (Fsp3) is 0.324. The molecule has 2 amide bonds. The molecule has 1 saturated heterocycles. The van der Waals surface area contributed by atoms with Gasteiger partial charge in [-0.15, -0.1) is 23.1 Å². The molecular formula is C34H38N6O11S3. The quantitative estimate of drug-likeness (QED) is 0.0365. The van der Waals surface area contributed by atoms with E-state index >= 15 is 0 Å². The van der Waals surface area contributed by atoms with Gasteiger partial charge < -0.3 is 30.5 Å². The number of thiazole rings is 1. The maximum Gasteiger partial charge on any atom is 0.508 e. The summed E-state index contributed by atoms with van der Waals surface area (Å²) in [6, 6.07) is 8.57. The second-order valence-electron chi connectivity index (χ2n) is 11.5. The molecule has 0 unspecified atom stereocenters. The van der Waals surface area contributed by atoms with E-state index in [1.807, 2.05) is 26.8 Å². The molecule has 0 bridgehead atoms. The van der Waals surface area contributed by atoms with Crippen LogP contribution in [-0.4, -0.2) is 99.2 Å². The van der Waals surface area contributed by atoms with Crippen molar-refractivity contribution in [1.29, 1.82) is 0 Å². The predicted molar refractivity (Wildman–Crippen MR) is 199 cm³/mol. The van der Waals surface area contributed by atoms with Gasteiger partial charge in [0.15, 0.2) is 10.8 Å². The standard InChI is InChI=1S/C27H30N6O8S2.C7H8O3S/c1-3-17(4-2)41-27(37)40-11-10-39-25(36)21-16(8-7-15-6-5-9-29-12-15)13-42-24-20(23(35)33(21)24)31-22(34)19(32-38)18-14-43-26(28)30-18;1-6-2-4-7(5-3-6)11(8,9)10/h5-9,12,14,17,20,24,38H,3-4,10-11,13H2,1-2H3,(H2,28,30)(H,31,34);2-5H,1H3,(H,8,9,10)/b8-7-,32-19?;/t20-,24+;/m1./s1. The van der Waals surface area contributed by atoms with E-state index in [2.05, 4.69) is 20.4 Å². The van der Waals surface area contributed by atoms with Gasteiger partial charge in [-0.25, -0.2) is 14.6 Å². The second-order valence-corrected chi connectivity index (χ2v) is 14.9. The Morgan fingerprint density at radius 3 is 2.43 bits per heavy atom. The summed E-state index contributed by atoms with van der Waals surface area (Å²) in [5.74, 6) is -1.89. The molecule has 0 saturated carbocycles. The summed E-state index contributed by atoms with van der Waals surface area (Å²) >= 11 is 2.39. The second kappa shape index (κ2) is 19.1. The average molecular weight is 803 g/mol. The third-order valence-electron chi connectivity index (χ3n) is 7.75. The van der Waals surface area contributed by atoms with Crippen LogP contribution in [0.3, 0.4) is 0 Å². The van der Waals surface area contributed by atoms with Crippen LogP contribution in [0.25, 0.3) is 6.08 Å². The number of esters is 1. The van der Waals surface area contributed by atoms with E-state index in [9.17, 15) is 32.8 Å². The number of β-lactam (4-membered cyclic amide) rings is 1. The number of aromatic nitrogens is 2. The van der Waals surface area contributed by atoms with E-state index < -0.39 is 51.2 Å². The summed E-state index contributed by atoms with van der Waals surface area (Å²) in [7, 11) is -4.02. The highest BCUT2D eigenvalue weighted by molar-refractivity contribution is 8.00. The van der Waals surface area contributed by atoms with Crippen molar-refractivity contribution >= 4 is 74.1 Å². The average Bonchev–Trinajstić information content (AvgIpc) is 3.59. The first-order valence-electron chi connectivity index (χ1n) is 16.3. The van der Waals surface area contributed by atoms with Crippen LogP contribution in [-0.2, 0) is 38.7 Å². The number of benzene rings is 1. The van der Waals surface area contributed by atoms with Crippen molar-refractivity contribution < 1.29 is 51.6 Å². The molecule has 2 atom stereocenters. The van der Waals surface area contributed by atoms with E-state index in [-0.39, 0.29) is 40.7 Å². The number of amides is 2. The van der Waals surface area contributed by atoms with Crippen molar-refractivity contribution in [2.45, 2.75) is 56.0 Å². The summed E-state index contributed by atoms with van der Waals surface area (Å²) < 4.78 is 45.1. The van der Waals surface area contributed by atoms with Gasteiger partial charge in [0.2, 0.25) is 0 Å². The van der Waals surface area contributed by atoms with Crippen molar-refractivity contribution in [1.82, 2.24) is 20.2 Å². The van der Waals surface area contributed by atoms with Gasteiger partial charge in [0.25, 0.3) is 21.9 Å². The van der Waals surface area contributed by atoms with Crippen LogP contribution in [0.4, 0.5) is 9.93 Å². The topological polar surface area (TPSA) is 250 Å². The fourth-order valence-corrected chi connectivity index (χ4v) is 7.26. The highest BCUT2D eigenvalue weighted by Gasteiger charge is 2.54. The van der Waals surface area contributed by atoms with Crippen molar-refractivity contribution in [3.63, 3.8) is 0 Å². The highest BCUT2D eigenvalue weighted by Crippen LogP contribution is 2.41. The van der Waals surface area contributed by atoms with Gasteiger partial charge in [0.05, 0.1) is 4.90 Å². The van der Waals surface area contributed by atoms with Crippen molar-refractivity contribution in [2.75, 3.05) is 24.7 Å². The molecule has 0 spiro atoms. The van der Waals surface area contributed by atoms with Crippen LogP contribution in [0.15, 0.2) is 81.6 Å². The molecule has 1 fully saturated rings. The molecule has 3 aromatic rings. The summed E-state index contributed by atoms with van der Waals surface area (Å²) in [5, 5.41) is 16.0. The molecule has 4 heterocycles. The Kier molecular flexibility index (Phi) is 14.7. The zero-order valence-corrected chi connectivity index (χ0v) is 31.7. The van der Waals surface area contributed by atoms with Crippen LogP contribution >= 0.6 is 23.1 Å². The number of pyridine rings is 1. The number of hydrogen-bond acceptors (Lipinski definition) is 16. The molecule has 0 radical (unpaired) electrons. The predicted octanol–water partition coefficient (Wildman–Crippen LogP) is 3.79. The largest absolute Gasteiger partial charge is 0.508 e. The maximum absolute atomic E-state index is 13.3. The van der Waals surface area contributed by atoms with Crippen LogP contribution in [0.2, 0.25) is 0 Å². The van der Waals surface area contributed by atoms with E-state index in [4.69, 9.17) is 24.5 Å². The number of carbonyl (C=O) groups excluding carboxylic acids is 4. The number of oxime groups is 1. The smallest absolute Gasteiger partial charge is 0.457 e.